The maximum Gasteiger partial charge on any atom is 0.264 e. The number of nitrogens with zero attached hydrogens (tertiary/aromatic N) is 1. The zero-order valence-corrected chi connectivity index (χ0v) is 15.7. The van der Waals surface area contributed by atoms with Crippen molar-refractivity contribution in [1.29, 1.82) is 0 Å². The van der Waals surface area contributed by atoms with Crippen LogP contribution in [-0.4, -0.2) is 39.3 Å². The van der Waals surface area contributed by atoms with Crippen molar-refractivity contribution in [3.8, 4) is 11.5 Å². The molecule has 0 unspecified atom stereocenters. The summed E-state index contributed by atoms with van der Waals surface area (Å²) in [6.45, 7) is -0.203. The van der Waals surface area contributed by atoms with Gasteiger partial charge in [-0.3, -0.25) is 10.1 Å². The van der Waals surface area contributed by atoms with E-state index in [1.165, 1.54) is 24.5 Å². The van der Waals surface area contributed by atoms with Crippen LogP contribution in [0.25, 0.3) is 10.2 Å². The van der Waals surface area contributed by atoms with Crippen LogP contribution in [0.4, 0.5) is 5.13 Å². The highest BCUT2D eigenvalue weighted by Crippen LogP contribution is 2.28. The first-order valence-electron chi connectivity index (χ1n) is 7.53. The van der Waals surface area contributed by atoms with Gasteiger partial charge in [-0.25, -0.2) is 13.4 Å². The van der Waals surface area contributed by atoms with Crippen LogP contribution in [0.15, 0.2) is 47.4 Å². The number of carbonyl (C=O) groups excluding carboxylic acids is 1. The van der Waals surface area contributed by atoms with Crippen LogP contribution in [-0.2, 0) is 14.6 Å². The minimum atomic E-state index is -3.29. The predicted octanol–water partition coefficient (Wildman–Crippen LogP) is 2.73. The Labute approximate surface area is 154 Å². The van der Waals surface area contributed by atoms with Crippen LogP contribution in [0.1, 0.15) is 0 Å². The van der Waals surface area contributed by atoms with Gasteiger partial charge in [0.15, 0.2) is 33.1 Å². The molecule has 0 saturated heterocycles. The van der Waals surface area contributed by atoms with Gasteiger partial charge >= 0.3 is 0 Å². The third-order valence-corrected chi connectivity index (χ3v) is 5.51. The second kappa shape index (κ2) is 7.30. The van der Waals surface area contributed by atoms with Gasteiger partial charge in [0.05, 0.1) is 22.2 Å². The molecule has 0 bridgehead atoms. The fraction of sp³-hybridized carbons (Fsp3) is 0.176. The molecule has 136 valence electrons. The Morgan fingerprint density at radius 2 is 1.92 bits per heavy atom. The first-order valence-corrected chi connectivity index (χ1v) is 10.2. The topological polar surface area (TPSA) is 94.6 Å². The predicted molar refractivity (Wildman–Crippen MR) is 99.8 cm³/mol. The van der Waals surface area contributed by atoms with Gasteiger partial charge in [-0.15, -0.1) is 0 Å². The number of carbonyl (C=O) groups is 1. The lowest BCUT2D eigenvalue weighted by Gasteiger charge is -2.09. The van der Waals surface area contributed by atoms with Crippen LogP contribution in [0.3, 0.4) is 0 Å². The van der Waals surface area contributed by atoms with Crippen molar-refractivity contribution < 1.29 is 22.7 Å². The third kappa shape index (κ3) is 4.12. The Bertz CT molecular complexity index is 1060. The number of hydrogen-bond acceptors (Lipinski definition) is 7. The zero-order valence-electron chi connectivity index (χ0n) is 14.1. The van der Waals surface area contributed by atoms with Crippen molar-refractivity contribution in [1.82, 2.24) is 4.98 Å². The van der Waals surface area contributed by atoms with Crippen molar-refractivity contribution in [3.05, 3.63) is 42.5 Å². The Morgan fingerprint density at radius 1 is 1.19 bits per heavy atom. The molecule has 9 heteroatoms. The first-order chi connectivity index (χ1) is 12.4. The van der Waals surface area contributed by atoms with E-state index in [2.05, 4.69) is 10.3 Å². The number of benzene rings is 2. The summed E-state index contributed by atoms with van der Waals surface area (Å²) in [5.74, 6) is 0.624. The Kier molecular flexibility index (Phi) is 5.10. The van der Waals surface area contributed by atoms with E-state index in [0.717, 1.165) is 6.26 Å². The van der Waals surface area contributed by atoms with E-state index in [-0.39, 0.29) is 17.4 Å². The van der Waals surface area contributed by atoms with Gasteiger partial charge in [-0.2, -0.15) is 0 Å². The number of fused-ring (bicyclic) bond motifs is 1. The summed E-state index contributed by atoms with van der Waals surface area (Å²) < 4.78 is 34.5. The normalized spacial score (nSPS) is 11.3. The molecule has 0 radical (unpaired) electrons. The Morgan fingerprint density at radius 3 is 2.62 bits per heavy atom. The number of anilines is 1. The number of nitrogens with one attached hydrogen (secondary N) is 1. The first kappa shape index (κ1) is 18.2. The number of thiazole rings is 1. The molecule has 0 fully saturated rings. The van der Waals surface area contributed by atoms with E-state index in [4.69, 9.17) is 9.47 Å². The molecular weight excluding hydrogens is 376 g/mol. The fourth-order valence-corrected chi connectivity index (χ4v) is 3.87. The highest BCUT2D eigenvalue weighted by molar-refractivity contribution is 7.90. The van der Waals surface area contributed by atoms with Crippen LogP contribution in [0, 0.1) is 0 Å². The fourth-order valence-electron chi connectivity index (χ4n) is 2.23. The summed E-state index contributed by atoms with van der Waals surface area (Å²) in [5.41, 5.74) is 0.614. The number of aromatic nitrogens is 1. The molecule has 0 saturated carbocycles. The highest BCUT2D eigenvalue weighted by atomic mass is 32.2. The van der Waals surface area contributed by atoms with E-state index >= 15 is 0 Å². The van der Waals surface area contributed by atoms with Crippen molar-refractivity contribution in [3.63, 3.8) is 0 Å². The highest BCUT2D eigenvalue weighted by Gasteiger charge is 2.13. The van der Waals surface area contributed by atoms with Gasteiger partial charge < -0.3 is 9.47 Å². The molecule has 0 atom stereocenters. The average Bonchev–Trinajstić information content (AvgIpc) is 3.00. The van der Waals surface area contributed by atoms with E-state index in [0.29, 0.717) is 26.8 Å². The number of sulfone groups is 1. The SMILES string of the molecule is COc1ccccc1OCC(=O)Nc1nc2ccc(S(C)(=O)=O)cc2s1. The lowest BCUT2D eigenvalue weighted by molar-refractivity contribution is -0.118. The van der Waals surface area contributed by atoms with E-state index in [1.807, 2.05) is 0 Å². The van der Waals surface area contributed by atoms with Crippen LogP contribution < -0.4 is 14.8 Å². The minimum Gasteiger partial charge on any atom is -0.493 e. The van der Waals surface area contributed by atoms with E-state index in [1.54, 1.807) is 36.4 Å². The molecule has 0 aliphatic rings. The lowest BCUT2D eigenvalue weighted by Crippen LogP contribution is -2.20. The molecule has 0 spiro atoms. The maximum absolute atomic E-state index is 12.1. The number of methoxy groups -OCH3 is 1. The van der Waals surface area contributed by atoms with Crippen LogP contribution in [0.2, 0.25) is 0 Å². The summed E-state index contributed by atoms with van der Waals surface area (Å²) >= 11 is 1.20. The van der Waals surface area contributed by atoms with Crippen molar-refractivity contribution in [2.24, 2.45) is 0 Å². The lowest BCUT2D eigenvalue weighted by atomic mass is 10.3. The van der Waals surface area contributed by atoms with Crippen LogP contribution >= 0.6 is 11.3 Å². The standard InChI is InChI=1S/C17H16N2O5S2/c1-23-13-5-3-4-6-14(13)24-10-16(20)19-17-18-12-8-7-11(26(2,21)22)9-15(12)25-17/h3-9H,10H2,1-2H3,(H,18,19,20). The largest absolute Gasteiger partial charge is 0.493 e. The van der Waals surface area contributed by atoms with Gasteiger partial charge in [-0.1, -0.05) is 23.5 Å². The molecule has 2 aromatic carbocycles. The monoisotopic (exact) mass is 392 g/mol. The second-order valence-corrected chi connectivity index (χ2v) is 8.45. The maximum atomic E-state index is 12.1. The van der Waals surface area contributed by atoms with Crippen molar-refractivity contribution in [2.45, 2.75) is 4.90 Å². The molecule has 1 heterocycles. The third-order valence-electron chi connectivity index (χ3n) is 3.46. The number of rotatable bonds is 6. The Hall–Kier alpha value is -2.65. The van der Waals surface area contributed by atoms with Crippen molar-refractivity contribution >= 4 is 42.4 Å². The van der Waals surface area contributed by atoms with Gasteiger partial charge in [-0.05, 0) is 30.3 Å². The van der Waals surface area contributed by atoms with E-state index in [9.17, 15) is 13.2 Å². The number of ether oxygens (including phenoxy) is 2. The van der Waals surface area contributed by atoms with Crippen molar-refractivity contribution in [2.75, 3.05) is 25.3 Å². The van der Waals surface area contributed by atoms with E-state index < -0.39 is 9.84 Å². The summed E-state index contributed by atoms with van der Waals surface area (Å²) in [7, 11) is -1.77. The van der Waals surface area contributed by atoms with Gasteiger partial charge in [0, 0.05) is 6.26 Å². The average molecular weight is 392 g/mol. The van der Waals surface area contributed by atoms with Gasteiger partial charge in [0.1, 0.15) is 0 Å². The Balaban J connectivity index is 1.69. The zero-order chi connectivity index (χ0) is 18.7. The quantitative estimate of drug-likeness (QED) is 0.693. The molecule has 1 N–H and O–H groups in total. The molecule has 1 aromatic heterocycles. The smallest absolute Gasteiger partial charge is 0.264 e. The number of amides is 1. The van der Waals surface area contributed by atoms with Gasteiger partial charge in [0.2, 0.25) is 0 Å². The van der Waals surface area contributed by atoms with Gasteiger partial charge in [0.25, 0.3) is 5.91 Å². The molecule has 0 aliphatic heterocycles. The molecule has 0 aliphatic carbocycles. The second-order valence-electron chi connectivity index (χ2n) is 5.41. The summed E-state index contributed by atoms with van der Waals surface area (Å²) in [6.07, 6.45) is 1.15. The number of para-hydroxylation sites is 2. The summed E-state index contributed by atoms with van der Waals surface area (Å²) in [5, 5.41) is 3.02. The molecule has 3 aromatic rings. The van der Waals surface area contributed by atoms with Crippen LogP contribution in [0.5, 0.6) is 11.5 Å². The molecular formula is C17H16N2O5S2. The molecule has 26 heavy (non-hydrogen) atoms. The molecule has 3 rings (SSSR count). The molecule has 7 nitrogen and oxygen atoms in total. The summed E-state index contributed by atoms with van der Waals surface area (Å²) in [6, 6.07) is 11.7. The summed E-state index contributed by atoms with van der Waals surface area (Å²) in [4.78, 5) is 16.6. The number of hydrogen-bond donors (Lipinski definition) is 1. The minimum absolute atomic E-state index is 0.203. The molecule has 1 amide bonds.